The molecule has 0 saturated carbocycles. The first kappa shape index (κ1) is 16.7. The van der Waals surface area contributed by atoms with Gasteiger partial charge in [0.05, 0.1) is 24.8 Å². The summed E-state index contributed by atoms with van der Waals surface area (Å²) in [6.07, 6.45) is 3.68. The van der Waals surface area contributed by atoms with Gasteiger partial charge in [-0.3, -0.25) is 0 Å². The number of ether oxygens (including phenoxy) is 2. The summed E-state index contributed by atoms with van der Waals surface area (Å²) in [6, 6.07) is 18.3. The fourth-order valence-corrected chi connectivity index (χ4v) is 3.02. The Labute approximate surface area is 143 Å². The molecule has 0 spiro atoms. The molecule has 1 heterocycles. The molecule has 1 saturated heterocycles. The Hall–Kier alpha value is -2.15. The Balaban J connectivity index is 0.000000231. The molecular formula is C21H23NO2. The van der Waals surface area contributed by atoms with Gasteiger partial charge in [-0.05, 0) is 41.3 Å². The van der Waals surface area contributed by atoms with Crippen LogP contribution in [0.5, 0.6) is 0 Å². The van der Waals surface area contributed by atoms with Crippen LogP contribution in [0.1, 0.15) is 37.3 Å². The van der Waals surface area contributed by atoms with E-state index < -0.39 is 5.79 Å². The highest BCUT2D eigenvalue weighted by Gasteiger charge is 2.33. The molecule has 3 aliphatic rings. The summed E-state index contributed by atoms with van der Waals surface area (Å²) in [5.74, 6) is -0.457. The van der Waals surface area contributed by atoms with E-state index in [4.69, 9.17) is 14.7 Å². The van der Waals surface area contributed by atoms with Crippen LogP contribution in [-0.4, -0.2) is 19.0 Å². The van der Waals surface area contributed by atoms with Gasteiger partial charge in [0.2, 0.25) is 0 Å². The van der Waals surface area contributed by atoms with E-state index in [0.717, 1.165) is 44.5 Å². The number of nitrogens with zero attached hydrogens (tertiary/aromatic N) is 1. The summed E-state index contributed by atoms with van der Waals surface area (Å²) < 4.78 is 11.8. The molecule has 0 unspecified atom stereocenters. The molecule has 124 valence electrons. The first-order valence-electron chi connectivity index (χ1n) is 8.62. The number of rotatable bonds is 4. The molecule has 24 heavy (non-hydrogen) atoms. The fourth-order valence-electron chi connectivity index (χ4n) is 3.02. The molecule has 1 aromatic rings. The molecule has 4 rings (SSSR count). The molecule has 3 heteroatoms. The predicted molar refractivity (Wildman–Crippen MR) is 94.5 cm³/mol. The van der Waals surface area contributed by atoms with Crippen LogP contribution in [0.4, 0.5) is 0 Å². The van der Waals surface area contributed by atoms with E-state index in [2.05, 4.69) is 37.3 Å². The van der Waals surface area contributed by atoms with E-state index in [9.17, 15) is 0 Å². The van der Waals surface area contributed by atoms with Crippen molar-refractivity contribution in [1.82, 2.24) is 0 Å². The third-order valence-electron chi connectivity index (χ3n) is 4.32. The van der Waals surface area contributed by atoms with E-state index >= 15 is 0 Å². The molecule has 2 aliphatic carbocycles. The normalized spacial score (nSPS) is 16.5. The lowest BCUT2D eigenvalue weighted by molar-refractivity contribution is -0.269. The molecule has 1 aliphatic heterocycles. The highest BCUT2D eigenvalue weighted by Crippen LogP contribution is 2.32. The Kier molecular flexibility index (Phi) is 5.30. The Bertz CT molecular complexity index is 687. The van der Waals surface area contributed by atoms with Gasteiger partial charge in [-0.15, -0.1) is 0 Å². The average Bonchev–Trinajstić information content (AvgIpc) is 3.22. The lowest BCUT2D eigenvalue weighted by Crippen LogP contribution is -2.42. The first-order chi connectivity index (χ1) is 11.7. The molecule has 0 radical (unpaired) electrons. The van der Waals surface area contributed by atoms with Crippen molar-refractivity contribution in [2.75, 3.05) is 13.2 Å². The lowest BCUT2D eigenvalue weighted by Gasteiger charge is -2.37. The van der Waals surface area contributed by atoms with Crippen molar-refractivity contribution in [3.8, 4) is 17.2 Å². The zero-order valence-electron chi connectivity index (χ0n) is 14.1. The zero-order valence-corrected chi connectivity index (χ0v) is 14.1. The van der Waals surface area contributed by atoms with Crippen LogP contribution in [0.15, 0.2) is 48.5 Å². The number of hydrogen-bond donors (Lipinski definition) is 0. The van der Waals surface area contributed by atoms with Gasteiger partial charge in [-0.1, -0.05) is 43.7 Å². The van der Waals surface area contributed by atoms with Crippen LogP contribution < -0.4 is 0 Å². The summed E-state index contributed by atoms with van der Waals surface area (Å²) >= 11 is 0. The number of hydrogen-bond acceptors (Lipinski definition) is 3. The maximum Gasteiger partial charge on any atom is 0.172 e. The third-order valence-corrected chi connectivity index (χ3v) is 4.32. The van der Waals surface area contributed by atoms with Crippen LogP contribution in [-0.2, 0) is 15.9 Å². The van der Waals surface area contributed by atoms with Crippen LogP contribution >= 0.6 is 0 Å². The maximum atomic E-state index is 8.79. The monoisotopic (exact) mass is 321 g/mol. The van der Waals surface area contributed by atoms with Gasteiger partial charge >= 0.3 is 0 Å². The second kappa shape index (κ2) is 7.61. The molecule has 0 N–H and O–H groups in total. The second-order valence-corrected chi connectivity index (χ2v) is 6.28. The minimum Gasteiger partial charge on any atom is -0.349 e. The smallest absolute Gasteiger partial charge is 0.172 e. The SMILES string of the molecule is CCCC1(Cc2ccc(C#N)cc2)OCCCO1.c1cc2cc-2c1. The molecule has 0 aromatic heterocycles. The van der Waals surface area contributed by atoms with Gasteiger partial charge in [0.15, 0.2) is 5.79 Å². The standard InChI is InChI=1S/C15H19NO2.C6H4/c1-2-8-15(17-9-3-10-18-15)11-13-4-6-14(12-16)7-5-13;1-2-5-4-6(5)3-1/h4-7H,2-3,8-11H2,1H3;1-4H. The summed E-state index contributed by atoms with van der Waals surface area (Å²) in [5.41, 5.74) is 4.70. The summed E-state index contributed by atoms with van der Waals surface area (Å²) in [6.45, 7) is 3.69. The lowest BCUT2D eigenvalue weighted by atomic mass is 9.99. The predicted octanol–water partition coefficient (Wildman–Crippen LogP) is 4.70. The summed E-state index contributed by atoms with van der Waals surface area (Å²) in [4.78, 5) is 0. The molecule has 0 bridgehead atoms. The van der Waals surface area contributed by atoms with Gasteiger partial charge in [-0.2, -0.15) is 5.26 Å². The van der Waals surface area contributed by atoms with Crippen molar-refractivity contribution < 1.29 is 9.47 Å². The zero-order chi connectivity index (χ0) is 16.8. The van der Waals surface area contributed by atoms with Gasteiger partial charge in [0.1, 0.15) is 0 Å². The summed E-state index contributed by atoms with van der Waals surface area (Å²) in [5, 5.41) is 8.79. The highest BCUT2D eigenvalue weighted by molar-refractivity contribution is 5.80. The van der Waals surface area contributed by atoms with Crippen molar-refractivity contribution in [2.24, 2.45) is 0 Å². The van der Waals surface area contributed by atoms with Gasteiger partial charge < -0.3 is 9.47 Å². The molecule has 0 atom stereocenters. The van der Waals surface area contributed by atoms with Crippen molar-refractivity contribution in [2.45, 2.75) is 38.4 Å². The minimum atomic E-state index is -0.457. The average molecular weight is 321 g/mol. The van der Waals surface area contributed by atoms with E-state index in [-0.39, 0.29) is 0 Å². The van der Waals surface area contributed by atoms with E-state index in [1.807, 2.05) is 24.3 Å². The Morgan fingerprint density at radius 1 is 1.04 bits per heavy atom. The van der Waals surface area contributed by atoms with E-state index in [0.29, 0.717) is 5.56 Å². The van der Waals surface area contributed by atoms with Crippen LogP contribution in [0.3, 0.4) is 0 Å². The van der Waals surface area contributed by atoms with E-state index in [1.54, 1.807) is 0 Å². The van der Waals surface area contributed by atoms with Gasteiger partial charge in [0.25, 0.3) is 0 Å². The maximum absolute atomic E-state index is 8.79. The van der Waals surface area contributed by atoms with Gasteiger partial charge in [0, 0.05) is 12.8 Å². The molecular weight excluding hydrogens is 298 g/mol. The largest absolute Gasteiger partial charge is 0.349 e. The van der Waals surface area contributed by atoms with E-state index in [1.165, 1.54) is 11.1 Å². The molecule has 0 amide bonds. The molecule has 1 fully saturated rings. The van der Waals surface area contributed by atoms with Crippen LogP contribution in [0.25, 0.3) is 11.1 Å². The molecule has 3 nitrogen and oxygen atoms in total. The Morgan fingerprint density at radius 3 is 2.17 bits per heavy atom. The van der Waals surface area contributed by atoms with Gasteiger partial charge in [-0.25, -0.2) is 0 Å². The first-order valence-corrected chi connectivity index (χ1v) is 8.62. The second-order valence-electron chi connectivity index (χ2n) is 6.28. The molecule has 1 aromatic carbocycles. The Morgan fingerprint density at radius 2 is 1.71 bits per heavy atom. The number of nitriles is 1. The van der Waals surface area contributed by atoms with Crippen LogP contribution in [0, 0.1) is 11.3 Å². The van der Waals surface area contributed by atoms with Crippen molar-refractivity contribution >= 4 is 0 Å². The van der Waals surface area contributed by atoms with Crippen molar-refractivity contribution in [3.05, 3.63) is 59.7 Å². The van der Waals surface area contributed by atoms with Crippen molar-refractivity contribution in [1.29, 1.82) is 5.26 Å². The topological polar surface area (TPSA) is 42.2 Å². The minimum absolute atomic E-state index is 0.457. The third kappa shape index (κ3) is 4.23. The van der Waals surface area contributed by atoms with Crippen molar-refractivity contribution in [3.63, 3.8) is 0 Å². The fraction of sp³-hybridized carbons (Fsp3) is 0.381. The summed E-state index contributed by atoms with van der Waals surface area (Å²) in [7, 11) is 0. The number of benzene rings is 2. The van der Waals surface area contributed by atoms with Crippen LogP contribution in [0.2, 0.25) is 0 Å². The quantitative estimate of drug-likeness (QED) is 0.699. The number of fused-ring (bicyclic) bond motifs is 1. The highest BCUT2D eigenvalue weighted by atomic mass is 16.7.